The lowest BCUT2D eigenvalue weighted by atomic mass is 10.1. The van der Waals surface area contributed by atoms with E-state index in [1.165, 1.54) is 11.1 Å². The van der Waals surface area contributed by atoms with Gasteiger partial charge < -0.3 is 14.8 Å². The number of rotatable bonds is 6. The van der Waals surface area contributed by atoms with Crippen molar-refractivity contribution >= 4 is 0 Å². The van der Waals surface area contributed by atoms with Crippen LogP contribution in [-0.4, -0.2) is 14.2 Å². The zero-order valence-corrected chi connectivity index (χ0v) is 11.3. The van der Waals surface area contributed by atoms with Crippen molar-refractivity contribution in [1.82, 2.24) is 5.32 Å². The van der Waals surface area contributed by atoms with Gasteiger partial charge in [0, 0.05) is 12.6 Å². The highest BCUT2D eigenvalue weighted by Crippen LogP contribution is 2.20. The van der Waals surface area contributed by atoms with Gasteiger partial charge in [-0.25, -0.2) is 0 Å². The minimum Gasteiger partial charge on any atom is -0.497 e. The van der Waals surface area contributed by atoms with Crippen LogP contribution in [0.3, 0.4) is 0 Å². The smallest absolute Gasteiger partial charge is 0.123 e. The van der Waals surface area contributed by atoms with Crippen LogP contribution in [0.1, 0.15) is 11.1 Å². The molecule has 2 rings (SSSR count). The minimum atomic E-state index is 0.561. The van der Waals surface area contributed by atoms with Crippen LogP contribution in [-0.2, 0) is 13.2 Å². The largest absolute Gasteiger partial charge is 0.497 e. The quantitative estimate of drug-likeness (QED) is 0.863. The van der Waals surface area contributed by atoms with E-state index >= 15 is 0 Å². The lowest BCUT2D eigenvalue weighted by Crippen LogP contribution is -2.09. The molecule has 0 heterocycles. The van der Waals surface area contributed by atoms with Crippen molar-refractivity contribution in [2.45, 2.75) is 13.2 Å². The van der Waals surface area contributed by atoms with Gasteiger partial charge in [-0.2, -0.15) is 0 Å². The molecule has 0 aliphatic rings. The molecule has 0 saturated carbocycles. The third kappa shape index (κ3) is 3.73. The zero-order chi connectivity index (χ0) is 13.5. The summed E-state index contributed by atoms with van der Waals surface area (Å²) in [5, 5.41) is 3.17. The maximum atomic E-state index is 5.81. The van der Waals surface area contributed by atoms with Crippen molar-refractivity contribution in [3.05, 3.63) is 59.7 Å². The van der Waals surface area contributed by atoms with Crippen molar-refractivity contribution in [3.8, 4) is 11.5 Å². The first-order chi connectivity index (χ1) is 9.33. The van der Waals surface area contributed by atoms with Crippen molar-refractivity contribution in [3.63, 3.8) is 0 Å². The Morgan fingerprint density at radius 3 is 2.42 bits per heavy atom. The minimum absolute atomic E-state index is 0.561. The van der Waals surface area contributed by atoms with Gasteiger partial charge in [-0.05, 0) is 30.3 Å². The Morgan fingerprint density at radius 2 is 1.68 bits per heavy atom. The van der Waals surface area contributed by atoms with Crippen molar-refractivity contribution < 1.29 is 9.47 Å². The summed E-state index contributed by atoms with van der Waals surface area (Å²) >= 11 is 0. The molecule has 19 heavy (non-hydrogen) atoms. The SMILES string of the molecule is CNCc1ccccc1COc1cccc(OC)c1. The number of hydrogen-bond donors (Lipinski definition) is 1. The van der Waals surface area contributed by atoms with Crippen LogP contribution in [0.4, 0.5) is 0 Å². The summed E-state index contributed by atoms with van der Waals surface area (Å²) in [6, 6.07) is 15.9. The van der Waals surface area contributed by atoms with Gasteiger partial charge in [0.25, 0.3) is 0 Å². The Balaban J connectivity index is 2.05. The fourth-order valence-corrected chi connectivity index (χ4v) is 1.91. The Bertz CT molecular complexity index is 526. The Morgan fingerprint density at radius 1 is 0.947 bits per heavy atom. The summed E-state index contributed by atoms with van der Waals surface area (Å²) in [7, 11) is 3.60. The molecule has 0 radical (unpaired) electrons. The summed E-state index contributed by atoms with van der Waals surface area (Å²) in [6.07, 6.45) is 0. The predicted octanol–water partition coefficient (Wildman–Crippen LogP) is 2.99. The van der Waals surface area contributed by atoms with Gasteiger partial charge in [0.1, 0.15) is 18.1 Å². The molecule has 0 aromatic heterocycles. The highest BCUT2D eigenvalue weighted by atomic mass is 16.5. The number of nitrogens with one attached hydrogen (secondary N) is 1. The Labute approximate surface area is 114 Å². The molecule has 0 saturated heterocycles. The zero-order valence-electron chi connectivity index (χ0n) is 11.3. The van der Waals surface area contributed by atoms with E-state index in [1.807, 2.05) is 43.4 Å². The number of ether oxygens (including phenoxy) is 2. The highest BCUT2D eigenvalue weighted by molar-refractivity contribution is 5.33. The molecule has 0 atom stereocenters. The maximum Gasteiger partial charge on any atom is 0.123 e. The summed E-state index contributed by atoms with van der Waals surface area (Å²) in [5.41, 5.74) is 2.45. The average molecular weight is 257 g/mol. The number of hydrogen-bond acceptors (Lipinski definition) is 3. The fraction of sp³-hybridized carbons (Fsp3) is 0.250. The summed E-state index contributed by atoms with van der Waals surface area (Å²) < 4.78 is 11.0. The van der Waals surface area contributed by atoms with Crippen LogP contribution in [0.25, 0.3) is 0 Å². The Hall–Kier alpha value is -2.00. The molecular weight excluding hydrogens is 238 g/mol. The topological polar surface area (TPSA) is 30.5 Å². The molecule has 1 N–H and O–H groups in total. The molecule has 0 unspecified atom stereocenters. The van der Waals surface area contributed by atoms with Crippen molar-refractivity contribution in [2.24, 2.45) is 0 Å². The second-order valence-electron chi connectivity index (χ2n) is 4.27. The molecule has 2 aromatic rings. The monoisotopic (exact) mass is 257 g/mol. The number of benzene rings is 2. The van der Waals surface area contributed by atoms with Gasteiger partial charge in [0.15, 0.2) is 0 Å². The Kier molecular flexibility index (Phi) is 4.81. The van der Waals surface area contributed by atoms with E-state index < -0.39 is 0 Å². The molecular formula is C16H19NO2. The molecule has 0 spiro atoms. The van der Waals surface area contributed by atoms with Gasteiger partial charge in [-0.1, -0.05) is 30.3 Å². The van der Waals surface area contributed by atoms with Crippen LogP contribution in [0.2, 0.25) is 0 Å². The van der Waals surface area contributed by atoms with Crippen LogP contribution in [0, 0.1) is 0 Å². The second-order valence-corrected chi connectivity index (χ2v) is 4.27. The van der Waals surface area contributed by atoms with Gasteiger partial charge in [0.2, 0.25) is 0 Å². The lowest BCUT2D eigenvalue weighted by molar-refractivity contribution is 0.302. The first-order valence-electron chi connectivity index (χ1n) is 6.31. The predicted molar refractivity (Wildman–Crippen MR) is 76.5 cm³/mol. The van der Waals surface area contributed by atoms with E-state index in [2.05, 4.69) is 17.4 Å². The van der Waals surface area contributed by atoms with Gasteiger partial charge >= 0.3 is 0 Å². The van der Waals surface area contributed by atoms with E-state index in [9.17, 15) is 0 Å². The molecule has 2 aromatic carbocycles. The molecule has 0 fully saturated rings. The normalized spacial score (nSPS) is 10.2. The molecule has 0 amide bonds. The number of methoxy groups -OCH3 is 1. The van der Waals surface area contributed by atoms with Crippen LogP contribution in [0.5, 0.6) is 11.5 Å². The standard InChI is InChI=1S/C16H19NO2/c1-17-11-13-6-3-4-7-14(13)12-19-16-9-5-8-15(10-16)18-2/h3-10,17H,11-12H2,1-2H3. The van der Waals surface area contributed by atoms with E-state index in [0.29, 0.717) is 6.61 Å². The van der Waals surface area contributed by atoms with Gasteiger partial charge in [0.05, 0.1) is 7.11 Å². The molecule has 0 aliphatic heterocycles. The third-order valence-corrected chi connectivity index (χ3v) is 2.92. The van der Waals surface area contributed by atoms with E-state index in [4.69, 9.17) is 9.47 Å². The third-order valence-electron chi connectivity index (χ3n) is 2.92. The molecule has 100 valence electrons. The van der Waals surface area contributed by atoms with E-state index in [-0.39, 0.29) is 0 Å². The second kappa shape index (κ2) is 6.81. The maximum absolute atomic E-state index is 5.81. The first-order valence-corrected chi connectivity index (χ1v) is 6.31. The molecule has 0 aliphatic carbocycles. The molecule has 3 nitrogen and oxygen atoms in total. The van der Waals surface area contributed by atoms with Crippen LogP contribution in [0.15, 0.2) is 48.5 Å². The van der Waals surface area contributed by atoms with Gasteiger partial charge in [-0.3, -0.25) is 0 Å². The fourth-order valence-electron chi connectivity index (χ4n) is 1.91. The lowest BCUT2D eigenvalue weighted by Gasteiger charge is -2.11. The summed E-state index contributed by atoms with van der Waals surface area (Å²) in [4.78, 5) is 0. The first kappa shape index (κ1) is 13.4. The van der Waals surface area contributed by atoms with E-state index in [0.717, 1.165) is 18.0 Å². The van der Waals surface area contributed by atoms with E-state index in [1.54, 1.807) is 7.11 Å². The highest BCUT2D eigenvalue weighted by Gasteiger charge is 2.02. The van der Waals surface area contributed by atoms with Gasteiger partial charge in [-0.15, -0.1) is 0 Å². The average Bonchev–Trinajstić information content (AvgIpc) is 2.47. The van der Waals surface area contributed by atoms with Crippen molar-refractivity contribution in [1.29, 1.82) is 0 Å². The summed E-state index contributed by atoms with van der Waals surface area (Å²) in [5.74, 6) is 1.62. The molecule has 0 bridgehead atoms. The van der Waals surface area contributed by atoms with Crippen LogP contribution >= 0.6 is 0 Å². The molecule has 3 heteroatoms. The van der Waals surface area contributed by atoms with Crippen molar-refractivity contribution in [2.75, 3.05) is 14.2 Å². The van der Waals surface area contributed by atoms with Crippen LogP contribution < -0.4 is 14.8 Å². The summed E-state index contributed by atoms with van der Waals surface area (Å²) in [6.45, 7) is 1.41.